The van der Waals surface area contributed by atoms with Gasteiger partial charge >= 0.3 is 0 Å². The van der Waals surface area contributed by atoms with E-state index in [4.69, 9.17) is 25.8 Å². The van der Waals surface area contributed by atoms with Gasteiger partial charge in [-0.25, -0.2) is 8.78 Å². The summed E-state index contributed by atoms with van der Waals surface area (Å²) in [4.78, 5) is 35.3. The van der Waals surface area contributed by atoms with Crippen molar-refractivity contribution < 1.29 is 33.0 Å². The first-order chi connectivity index (χ1) is 15.6. The molecule has 1 unspecified atom stereocenters. The highest BCUT2D eigenvalue weighted by Gasteiger charge is 2.40. The van der Waals surface area contributed by atoms with E-state index in [1.54, 1.807) is 31.2 Å². The Morgan fingerprint density at radius 3 is 2.30 bits per heavy atom. The zero-order chi connectivity index (χ0) is 24.7. The minimum absolute atomic E-state index is 0.0661. The average Bonchev–Trinajstić information content (AvgIpc) is 3.11. The molecular formula is C22H24F2N4O5. The summed E-state index contributed by atoms with van der Waals surface area (Å²) in [5.74, 6) is -3.85. The van der Waals surface area contributed by atoms with E-state index in [1.807, 2.05) is 0 Å². The van der Waals surface area contributed by atoms with Gasteiger partial charge in [-0.1, -0.05) is 24.3 Å². The number of nitrogens with one attached hydrogen (secondary N) is 2. The summed E-state index contributed by atoms with van der Waals surface area (Å²) in [6, 6.07) is 8.54. The van der Waals surface area contributed by atoms with Crippen molar-refractivity contribution in [3.05, 3.63) is 70.3 Å². The molecule has 1 atom stereocenters. The van der Waals surface area contributed by atoms with E-state index in [0.717, 1.165) is 29.5 Å². The number of fused-ring (bicyclic) bond motifs is 1. The smallest absolute Gasteiger partial charge is 0.300 e. The number of ether oxygens (including phenoxy) is 1. The monoisotopic (exact) mass is 462 g/mol. The Balaban J connectivity index is 0.000000890. The molecule has 0 spiro atoms. The standard InChI is InChI=1S/C20H20F2N4O3.C2H4O2/c1-2-29-20(18(27)25-9-11-3-5-12(6-4-11)17(23)24)26-10-13-14(21)7-8-15(22)16(13)19(26)28;1-2(3)4/h3-8,20H,2,9-10H2,1H3,(H3,23,24)(H,25,27);1H3,(H,3,4). The van der Waals surface area contributed by atoms with Crippen molar-refractivity contribution in [1.82, 2.24) is 10.2 Å². The Labute approximate surface area is 188 Å². The molecule has 0 aliphatic carbocycles. The van der Waals surface area contributed by atoms with Gasteiger partial charge in [-0.15, -0.1) is 0 Å². The number of nitrogens with two attached hydrogens (primary N) is 1. The second-order valence-corrected chi connectivity index (χ2v) is 6.97. The number of hydrogen-bond donors (Lipinski definition) is 4. The molecule has 0 radical (unpaired) electrons. The molecule has 1 heterocycles. The first-order valence-electron chi connectivity index (χ1n) is 9.86. The number of benzene rings is 2. The summed E-state index contributed by atoms with van der Waals surface area (Å²) < 4.78 is 33.5. The third kappa shape index (κ3) is 6.32. The van der Waals surface area contributed by atoms with Crippen molar-refractivity contribution in [2.75, 3.05) is 6.61 Å². The molecule has 1 aliphatic rings. The maximum absolute atomic E-state index is 14.0. The van der Waals surface area contributed by atoms with Crippen LogP contribution in [-0.4, -0.2) is 46.5 Å². The number of amides is 2. The molecule has 2 aromatic rings. The van der Waals surface area contributed by atoms with E-state index < -0.39 is 35.6 Å². The molecule has 176 valence electrons. The number of nitrogen functional groups attached to an aromatic ring is 1. The molecule has 2 amide bonds. The molecule has 0 bridgehead atoms. The quantitative estimate of drug-likeness (QED) is 0.366. The van der Waals surface area contributed by atoms with E-state index in [0.29, 0.717) is 5.56 Å². The van der Waals surface area contributed by atoms with Crippen molar-refractivity contribution in [2.24, 2.45) is 5.73 Å². The number of hydrogen-bond acceptors (Lipinski definition) is 5. The van der Waals surface area contributed by atoms with Gasteiger partial charge in [0.1, 0.15) is 17.5 Å². The Kier molecular flexibility index (Phi) is 8.57. The molecule has 33 heavy (non-hydrogen) atoms. The highest BCUT2D eigenvalue weighted by Crippen LogP contribution is 2.29. The lowest BCUT2D eigenvalue weighted by Crippen LogP contribution is -2.48. The number of carbonyl (C=O) groups is 3. The third-order valence-corrected chi connectivity index (χ3v) is 4.57. The van der Waals surface area contributed by atoms with Crippen molar-refractivity contribution >= 4 is 23.6 Å². The van der Waals surface area contributed by atoms with Gasteiger partial charge < -0.3 is 25.8 Å². The van der Waals surface area contributed by atoms with Crippen LogP contribution in [0.4, 0.5) is 8.78 Å². The second-order valence-electron chi connectivity index (χ2n) is 6.97. The molecular weight excluding hydrogens is 438 g/mol. The fraction of sp³-hybridized carbons (Fsp3) is 0.273. The van der Waals surface area contributed by atoms with Crippen LogP contribution < -0.4 is 11.1 Å². The van der Waals surface area contributed by atoms with E-state index in [2.05, 4.69) is 5.32 Å². The highest BCUT2D eigenvalue weighted by atomic mass is 19.1. The second kappa shape index (κ2) is 11.1. The van der Waals surface area contributed by atoms with Gasteiger partial charge in [0, 0.05) is 31.2 Å². The summed E-state index contributed by atoms with van der Waals surface area (Å²) >= 11 is 0. The van der Waals surface area contributed by atoms with Gasteiger partial charge in [-0.3, -0.25) is 19.8 Å². The van der Waals surface area contributed by atoms with Gasteiger partial charge in [0.2, 0.25) is 6.23 Å². The van der Waals surface area contributed by atoms with Crippen LogP contribution in [0.15, 0.2) is 36.4 Å². The first kappa shape index (κ1) is 25.4. The number of carboxylic acids is 1. The Morgan fingerprint density at radius 1 is 1.21 bits per heavy atom. The summed E-state index contributed by atoms with van der Waals surface area (Å²) in [6.45, 7) is 2.73. The average molecular weight is 462 g/mol. The predicted octanol–water partition coefficient (Wildman–Crippen LogP) is 1.97. The van der Waals surface area contributed by atoms with Crippen molar-refractivity contribution in [1.29, 1.82) is 5.41 Å². The highest BCUT2D eigenvalue weighted by molar-refractivity contribution is 6.01. The van der Waals surface area contributed by atoms with Crippen molar-refractivity contribution in [3.63, 3.8) is 0 Å². The fourth-order valence-corrected chi connectivity index (χ4v) is 3.10. The van der Waals surface area contributed by atoms with Crippen molar-refractivity contribution in [2.45, 2.75) is 33.2 Å². The minimum atomic E-state index is -1.32. The third-order valence-electron chi connectivity index (χ3n) is 4.57. The molecule has 0 saturated heterocycles. The van der Waals surface area contributed by atoms with Crippen LogP contribution in [0.25, 0.3) is 0 Å². The molecule has 0 fully saturated rings. The Bertz CT molecular complexity index is 1060. The molecule has 9 nitrogen and oxygen atoms in total. The number of halogens is 2. The van der Waals surface area contributed by atoms with E-state index in [9.17, 15) is 18.4 Å². The molecule has 0 saturated carbocycles. The predicted molar refractivity (Wildman–Crippen MR) is 114 cm³/mol. The number of carboxylic acid groups (broad SMARTS) is 1. The van der Waals surface area contributed by atoms with Gasteiger partial charge in [0.15, 0.2) is 0 Å². The molecule has 2 aromatic carbocycles. The number of aliphatic carboxylic acids is 1. The lowest BCUT2D eigenvalue weighted by Gasteiger charge is -2.26. The number of nitrogens with zero attached hydrogens (tertiary/aromatic N) is 1. The first-order valence-corrected chi connectivity index (χ1v) is 9.86. The van der Waals surface area contributed by atoms with Crippen LogP contribution in [0.5, 0.6) is 0 Å². The maximum Gasteiger partial charge on any atom is 0.300 e. The maximum atomic E-state index is 14.0. The van der Waals surface area contributed by atoms with Crippen LogP contribution in [0.2, 0.25) is 0 Å². The summed E-state index contributed by atoms with van der Waals surface area (Å²) in [7, 11) is 0. The van der Waals surface area contributed by atoms with Gasteiger partial charge in [-0.05, 0) is 24.6 Å². The summed E-state index contributed by atoms with van der Waals surface area (Å²) in [6.07, 6.45) is -1.32. The fourth-order valence-electron chi connectivity index (χ4n) is 3.10. The summed E-state index contributed by atoms with van der Waals surface area (Å²) in [5, 5.41) is 17.5. The molecule has 11 heteroatoms. The largest absolute Gasteiger partial charge is 0.481 e. The molecule has 1 aliphatic heterocycles. The van der Waals surface area contributed by atoms with Gasteiger partial charge in [0.05, 0.1) is 12.1 Å². The molecule has 5 N–H and O–H groups in total. The number of rotatable bonds is 7. The number of amidine groups is 1. The van der Waals surface area contributed by atoms with Crippen LogP contribution in [0.1, 0.15) is 40.9 Å². The van der Waals surface area contributed by atoms with Crippen LogP contribution in [0, 0.1) is 17.0 Å². The Hall–Kier alpha value is -3.86. The Morgan fingerprint density at radius 2 is 1.79 bits per heavy atom. The summed E-state index contributed by atoms with van der Waals surface area (Å²) in [5.41, 5.74) is 6.24. The normalized spacial score (nSPS) is 13.0. The number of carbonyl (C=O) groups excluding carboxylic acids is 2. The van der Waals surface area contributed by atoms with Gasteiger partial charge in [0.25, 0.3) is 17.8 Å². The lowest BCUT2D eigenvalue weighted by molar-refractivity contribution is -0.143. The lowest BCUT2D eigenvalue weighted by atomic mass is 10.1. The van der Waals surface area contributed by atoms with E-state index in [-0.39, 0.29) is 36.7 Å². The minimum Gasteiger partial charge on any atom is -0.481 e. The van der Waals surface area contributed by atoms with Gasteiger partial charge in [-0.2, -0.15) is 0 Å². The zero-order valence-electron chi connectivity index (χ0n) is 18.0. The van der Waals surface area contributed by atoms with Crippen LogP contribution in [-0.2, 0) is 27.4 Å². The van der Waals surface area contributed by atoms with E-state index in [1.165, 1.54) is 0 Å². The molecule has 0 aromatic heterocycles. The molecule has 3 rings (SSSR count). The zero-order valence-corrected chi connectivity index (χ0v) is 18.0. The van der Waals surface area contributed by atoms with Crippen molar-refractivity contribution in [3.8, 4) is 0 Å². The SMILES string of the molecule is CC(=O)O.CCOC(C(=O)NCc1ccc(C(=N)N)cc1)N1Cc2c(F)ccc(F)c2C1=O. The van der Waals surface area contributed by atoms with Crippen LogP contribution in [0.3, 0.4) is 0 Å². The van der Waals surface area contributed by atoms with Crippen LogP contribution >= 0.6 is 0 Å². The topological polar surface area (TPSA) is 146 Å². The van der Waals surface area contributed by atoms with E-state index >= 15 is 0 Å².